The fraction of sp³-hybridized carbons (Fsp3) is 0.500. The lowest BCUT2D eigenvalue weighted by molar-refractivity contribution is 0.593. The topological polar surface area (TPSA) is 41.4 Å². The average Bonchev–Trinajstić information content (AvgIpc) is 2.81. The first-order chi connectivity index (χ1) is 8.92. The molecule has 0 saturated heterocycles. The summed E-state index contributed by atoms with van der Waals surface area (Å²) in [6, 6.07) is 6.15. The van der Waals surface area contributed by atoms with Crippen LogP contribution in [0.3, 0.4) is 0 Å². The Balaban J connectivity index is 1.70. The van der Waals surface area contributed by atoms with Crippen molar-refractivity contribution in [1.29, 1.82) is 0 Å². The Labute approximate surface area is 108 Å². The first-order valence-corrected chi connectivity index (χ1v) is 6.74. The maximum Gasteiger partial charge on any atom is 0.0706 e. The van der Waals surface area contributed by atoms with E-state index in [1.165, 1.54) is 23.9 Å². The predicted octanol–water partition coefficient (Wildman–Crippen LogP) is 1.81. The van der Waals surface area contributed by atoms with Crippen LogP contribution in [0.15, 0.2) is 30.6 Å². The van der Waals surface area contributed by atoms with Gasteiger partial charge in [0.15, 0.2) is 0 Å². The van der Waals surface area contributed by atoms with Crippen molar-refractivity contribution < 1.29 is 0 Å². The third kappa shape index (κ3) is 3.55. The van der Waals surface area contributed by atoms with Crippen LogP contribution in [-0.4, -0.2) is 29.2 Å². The maximum absolute atomic E-state index is 4.32. The van der Waals surface area contributed by atoms with E-state index in [-0.39, 0.29) is 0 Å². The lowest BCUT2D eigenvalue weighted by atomic mass is 10.2. The first kappa shape index (κ1) is 13.1. The monoisotopic (exact) mass is 246 g/mol. The van der Waals surface area contributed by atoms with Crippen molar-refractivity contribution in [1.82, 2.24) is 20.2 Å². The van der Waals surface area contributed by atoms with Crippen LogP contribution in [-0.2, 0) is 6.54 Å². The molecular weight excluding hydrogens is 224 g/mol. The Morgan fingerprint density at radius 3 is 2.94 bits per heavy atom. The van der Waals surface area contributed by atoms with Gasteiger partial charge in [-0.3, -0.25) is 0 Å². The zero-order valence-electron chi connectivity index (χ0n) is 11.0. The second-order valence-corrected chi connectivity index (χ2v) is 4.48. The van der Waals surface area contributed by atoms with E-state index in [1.807, 2.05) is 23.0 Å². The van der Waals surface area contributed by atoms with Crippen LogP contribution in [0.4, 0.5) is 0 Å². The third-order valence-corrected chi connectivity index (χ3v) is 2.96. The molecule has 0 aliphatic rings. The van der Waals surface area contributed by atoms with E-state index in [0.717, 1.165) is 26.2 Å². The van der Waals surface area contributed by atoms with Crippen molar-refractivity contribution in [3.63, 3.8) is 0 Å². The Hall–Kier alpha value is -1.39. The molecule has 18 heavy (non-hydrogen) atoms. The molecule has 4 heteroatoms. The van der Waals surface area contributed by atoms with E-state index in [4.69, 9.17) is 0 Å². The number of aromatic nitrogens is 2. The minimum atomic E-state index is 0.890. The standard InChI is InChI=1S/C14H22N4/c1-2-7-15-8-5-9-16-11-13-12-17-18-10-4-3-6-14(13)18/h3-4,6,10,12,15-16H,2,5,7-9,11H2,1H3. The van der Waals surface area contributed by atoms with E-state index in [2.05, 4.69) is 34.8 Å². The normalized spacial score (nSPS) is 11.2. The van der Waals surface area contributed by atoms with Crippen molar-refractivity contribution in [2.45, 2.75) is 26.3 Å². The Bertz CT molecular complexity index is 464. The molecule has 2 aromatic heterocycles. The molecule has 2 rings (SSSR count). The number of hydrogen-bond acceptors (Lipinski definition) is 3. The first-order valence-electron chi connectivity index (χ1n) is 6.74. The molecule has 2 heterocycles. The highest BCUT2D eigenvalue weighted by molar-refractivity contribution is 5.53. The third-order valence-electron chi connectivity index (χ3n) is 2.96. The molecule has 0 fully saturated rings. The summed E-state index contributed by atoms with van der Waals surface area (Å²) in [4.78, 5) is 0. The van der Waals surface area contributed by atoms with Crippen molar-refractivity contribution in [2.75, 3.05) is 19.6 Å². The molecule has 0 radical (unpaired) electrons. The summed E-state index contributed by atoms with van der Waals surface area (Å²) < 4.78 is 1.92. The fourth-order valence-corrected chi connectivity index (χ4v) is 1.99. The SMILES string of the molecule is CCCNCCCNCc1cnn2ccccc12. The second-order valence-electron chi connectivity index (χ2n) is 4.48. The van der Waals surface area contributed by atoms with Crippen LogP contribution < -0.4 is 10.6 Å². The number of nitrogens with one attached hydrogen (secondary N) is 2. The number of hydrogen-bond donors (Lipinski definition) is 2. The zero-order valence-corrected chi connectivity index (χ0v) is 11.0. The van der Waals surface area contributed by atoms with Crippen molar-refractivity contribution in [3.05, 3.63) is 36.2 Å². The Morgan fingerprint density at radius 1 is 1.17 bits per heavy atom. The number of pyridine rings is 1. The molecule has 0 bridgehead atoms. The molecule has 2 N–H and O–H groups in total. The average molecular weight is 246 g/mol. The summed E-state index contributed by atoms with van der Waals surface area (Å²) in [5.74, 6) is 0. The van der Waals surface area contributed by atoms with Gasteiger partial charge in [-0.1, -0.05) is 13.0 Å². The van der Waals surface area contributed by atoms with E-state index < -0.39 is 0 Å². The number of fused-ring (bicyclic) bond motifs is 1. The highest BCUT2D eigenvalue weighted by atomic mass is 15.2. The van der Waals surface area contributed by atoms with Gasteiger partial charge in [0.1, 0.15) is 0 Å². The van der Waals surface area contributed by atoms with Crippen molar-refractivity contribution >= 4 is 5.52 Å². The van der Waals surface area contributed by atoms with Gasteiger partial charge >= 0.3 is 0 Å². The summed E-state index contributed by atoms with van der Waals surface area (Å²) in [7, 11) is 0. The highest BCUT2D eigenvalue weighted by Gasteiger charge is 2.01. The molecule has 0 amide bonds. The molecule has 98 valence electrons. The van der Waals surface area contributed by atoms with Gasteiger partial charge < -0.3 is 10.6 Å². The molecule has 2 aromatic rings. The zero-order chi connectivity index (χ0) is 12.6. The number of rotatable bonds is 8. The van der Waals surface area contributed by atoms with Crippen LogP contribution in [0.2, 0.25) is 0 Å². The van der Waals surface area contributed by atoms with E-state index in [1.54, 1.807) is 0 Å². The minimum Gasteiger partial charge on any atom is -0.317 e. The van der Waals surface area contributed by atoms with Crippen LogP contribution in [0.25, 0.3) is 5.52 Å². The summed E-state index contributed by atoms with van der Waals surface area (Å²) >= 11 is 0. The van der Waals surface area contributed by atoms with Gasteiger partial charge in [-0.25, -0.2) is 4.52 Å². The summed E-state index contributed by atoms with van der Waals surface area (Å²) in [5, 5.41) is 11.2. The van der Waals surface area contributed by atoms with Gasteiger partial charge in [0.25, 0.3) is 0 Å². The van der Waals surface area contributed by atoms with Gasteiger partial charge in [-0.05, 0) is 44.6 Å². The van der Waals surface area contributed by atoms with E-state index in [9.17, 15) is 0 Å². The maximum atomic E-state index is 4.32. The van der Waals surface area contributed by atoms with Crippen LogP contribution in [0.5, 0.6) is 0 Å². The molecule has 0 spiro atoms. The Morgan fingerprint density at radius 2 is 2.06 bits per heavy atom. The van der Waals surface area contributed by atoms with Gasteiger partial charge in [0.2, 0.25) is 0 Å². The molecular formula is C14H22N4. The molecule has 0 aliphatic carbocycles. The van der Waals surface area contributed by atoms with Gasteiger partial charge in [0, 0.05) is 18.3 Å². The highest BCUT2D eigenvalue weighted by Crippen LogP contribution is 2.08. The predicted molar refractivity (Wildman–Crippen MR) is 74.7 cm³/mol. The Kier molecular flexibility index (Phi) is 5.17. The van der Waals surface area contributed by atoms with E-state index in [0.29, 0.717) is 0 Å². The molecule has 0 unspecified atom stereocenters. The molecule has 0 aromatic carbocycles. The summed E-state index contributed by atoms with van der Waals surface area (Å²) in [6.07, 6.45) is 6.29. The van der Waals surface area contributed by atoms with Crippen LogP contribution in [0, 0.1) is 0 Å². The lowest BCUT2D eigenvalue weighted by Crippen LogP contribution is -2.22. The lowest BCUT2D eigenvalue weighted by Gasteiger charge is -2.04. The fourth-order valence-electron chi connectivity index (χ4n) is 1.99. The minimum absolute atomic E-state index is 0.890. The van der Waals surface area contributed by atoms with Crippen LogP contribution >= 0.6 is 0 Å². The van der Waals surface area contributed by atoms with E-state index >= 15 is 0 Å². The molecule has 4 nitrogen and oxygen atoms in total. The molecule has 0 aliphatic heterocycles. The van der Waals surface area contributed by atoms with Gasteiger partial charge in [-0.15, -0.1) is 0 Å². The largest absolute Gasteiger partial charge is 0.317 e. The second kappa shape index (κ2) is 7.13. The van der Waals surface area contributed by atoms with Crippen molar-refractivity contribution in [2.24, 2.45) is 0 Å². The summed E-state index contributed by atoms with van der Waals surface area (Å²) in [6.45, 7) is 6.34. The number of nitrogens with zero attached hydrogens (tertiary/aromatic N) is 2. The van der Waals surface area contributed by atoms with Crippen molar-refractivity contribution in [3.8, 4) is 0 Å². The van der Waals surface area contributed by atoms with Gasteiger partial charge in [0.05, 0.1) is 11.7 Å². The smallest absolute Gasteiger partial charge is 0.0706 e. The molecule has 0 saturated carbocycles. The van der Waals surface area contributed by atoms with Crippen LogP contribution in [0.1, 0.15) is 25.3 Å². The summed E-state index contributed by atoms with van der Waals surface area (Å²) in [5.41, 5.74) is 2.45. The van der Waals surface area contributed by atoms with Gasteiger partial charge in [-0.2, -0.15) is 5.10 Å². The quantitative estimate of drug-likeness (QED) is 0.698. The molecule has 0 atom stereocenters.